The third kappa shape index (κ3) is 3.69. The highest BCUT2D eigenvalue weighted by Crippen LogP contribution is 2.19. The molecule has 0 aromatic rings. The minimum atomic E-state index is 0.314. The number of hydrogen-bond acceptors (Lipinski definition) is 2. The third-order valence-corrected chi connectivity index (χ3v) is 3.06. The maximum absolute atomic E-state index is 4.58. The second kappa shape index (κ2) is 4.81. The van der Waals surface area contributed by atoms with Crippen LogP contribution >= 0.6 is 0 Å². The van der Waals surface area contributed by atoms with Crippen LogP contribution in [0.5, 0.6) is 0 Å². The van der Waals surface area contributed by atoms with E-state index >= 15 is 0 Å². The summed E-state index contributed by atoms with van der Waals surface area (Å²) in [5, 5.41) is 3.55. The summed E-state index contributed by atoms with van der Waals surface area (Å²) in [6.45, 7) is 10.1. The highest BCUT2D eigenvalue weighted by Gasteiger charge is 2.20. The first-order valence-corrected chi connectivity index (χ1v) is 5.80. The Morgan fingerprint density at radius 3 is 2.57 bits per heavy atom. The fraction of sp³-hybridized carbons (Fsp3) is 0.917. The number of aliphatic imine (C=N–C) groups is 1. The van der Waals surface area contributed by atoms with Crippen molar-refractivity contribution >= 4 is 5.84 Å². The number of nitrogens with zero attached hydrogens (tertiary/aromatic N) is 1. The number of nitrogens with one attached hydrogen (secondary N) is 1. The zero-order chi connectivity index (χ0) is 10.6. The maximum Gasteiger partial charge on any atom is 0.0965 e. The summed E-state index contributed by atoms with van der Waals surface area (Å²) in [5.41, 5.74) is 0.314. The van der Waals surface area contributed by atoms with Gasteiger partial charge in [0, 0.05) is 19.0 Å². The van der Waals surface area contributed by atoms with Crippen molar-refractivity contribution in [3.8, 4) is 0 Å². The van der Waals surface area contributed by atoms with Crippen molar-refractivity contribution in [2.45, 2.75) is 59.4 Å². The van der Waals surface area contributed by atoms with Gasteiger partial charge in [-0.25, -0.2) is 0 Å². The van der Waals surface area contributed by atoms with E-state index < -0.39 is 0 Å². The molecule has 0 fully saturated rings. The van der Waals surface area contributed by atoms with E-state index in [0.717, 1.165) is 13.0 Å². The molecule has 82 valence electrons. The first-order valence-electron chi connectivity index (χ1n) is 5.80. The van der Waals surface area contributed by atoms with Crippen molar-refractivity contribution < 1.29 is 0 Å². The van der Waals surface area contributed by atoms with Crippen LogP contribution in [0.25, 0.3) is 0 Å². The van der Waals surface area contributed by atoms with Crippen LogP contribution in [-0.4, -0.2) is 18.4 Å². The molecular formula is C12H24N2. The Bertz CT molecular complexity index is 201. The lowest BCUT2D eigenvalue weighted by Gasteiger charge is -2.29. The highest BCUT2D eigenvalue weighted by molar-refractivity contribution is 5.82. The number of rotatable bonds is 1. The number of amidine groups is 1. The van der Waals surface area contributed by atoms with Gasteiger partial charge in [-0.3, -0.25) is 4.99 Å². The van der Waals surface area contributed by atoms with Gasteiger partial charge in [-0.1, -0.05) is 27.2 Å². The van der Waals surface area contributed by atoms with Crippen LogP contribution in [-0.2, 0) is 0 Å². The molecule has 0 radical (unpaired) electrons. The Labute approximate surface area is 88.2 Å². The summed E-state index contributed by atoms with van der Waals surface area (Å²) in [7, 11) is 0. The van der Waals surface area contributed by atoms with Crippen LogP contribution in [0.4, 0.5) is 0 Å². The van der Waals surface area contributed by atoms with Crippen molar-refractivity contribution in [2.75, 3.05) is 6.54 Å². The molecular weight excluding hydrogens is 172 g/mol. The smallest absolute Gasteiger partial charge is 0.0965 e. The van der Waals surface area contributed by atoms with E-state index in [2.05, 4.69) is 38.0 Å². The first kappa shape index (κ1) is 11.5. The Morgan fingerprint density at radius 1 is 1.21 bits per heavy atom. The van der Waals surface area contributed by atoms with Crippen LogP contribution in [0.2, 0.25) is 0 Å². The molecule has 0 aliphatic carbocycles. The SMILES string of the molecule is CC(NC1=NCCCCC1)C(C)(C)C. The predicted molar refractivity (Wildman–Crippen MR) is 62.8 cm³/mol. The zero-order valence-electron chi connectivity index (χ0n) is 10.1. The molecule has 2 heteroatoms. The number of hydrogen-bond donors (Lipinski definition) is 1. The zero-order valence-corrected chi connectivity index (χ0v) is 10.1. The second-order valence-corrected chi connectivity index (χ2v) is 5.37. The summed E-state index contributed by atoms with van der Waals surface area (Å²) in [6.07, 6.45) is 5.02. The van der Waals surface area contributed by atoms with E-state index in [1.807, 2.05) is 0 Å². The monoisotopic (exact) mass is 196 g/mol. The van der Waals surface area contributed by atoms with Gasteiger partial charge >= 0.3 is 0 Å². The fourth-order valence-corrected chi connectivity index (χ4v) is 1.46. The molecule has 1 unspecified atom stereocenters. The van der Waals surface area contributed by atoms with Crippen molar-refractivity contribution in [1.29, 1.82) is 0 Å². The van der Waals surface area contributed by atoms with E-state index in [1.54, 1.807) is 0 Å². The summed E-state index contributed by atoms with van der Waals surface area (Å²) in [5.74, 6) is 1.23. The predicted octanol–water partition coefficient (Wildman–Crippen LogP) is 2.98. The molecule has 0 saturated carbocycles. The summed E-state index contributed by atoms with van der Waals surface area (Å²) < 4.78 is 0. The van der Waals surface area contributed by atoms with Crippen molar-refractivity contribution in [2.24, 2.45) is 10.4 Å². The molecule has 1 atom stereocenters. The van der Waals surface area contributed by atoms with Crippen LogP contribution in [0.3, 0.4) is 0 Å². The molecule has 0 amide bonds. The molecule has 1 heterocycles. The normalized spacial score (nSPS) is 21.0. The third-order valence-electron chi connectivity index (χ3n) is 3.06. The average molecular weight is 196 g/mol. The molecule has 1 N–H and O–H groups in total. The standard InChI is InChI=1S/C12H24N2/c1-10(12(2,3)4)14-11-8-6-5-7-9-13-11/h10H,5-9H2,1-4H3,(H,13,14). The van der Waals surface area contributed by atoms with E-state index in [0.29, 0.717) is 11.5 Å². The largest absolute Gasteiger partial charge is 0.371 e. The van der Waals surface area contributed by atoms with Crippen LogP contribution in [0, 0.1) is 5.41 Å². The Morgan fingerprint density at radius 2 is 1.93 bits per heavy atom. The lowest BCUT2D eigenvalue weighted by atomic mass is 9.88. The van der Waals surface area contributed by atoms with Gasteiger partial charge in [0.2, 0.25) is 0 Å². The van der Waals surface area contributed by atoms with Crippen molar-refractivity contribution in [3.63, 3.8) is 0 Å². The molecule has 1 aliphatic rings. The second-order valence-electron chi connectivity index (χ2n) is 5.37. The molecule has 0 saturated heterocycles. The highest BCUT2D eigenvalue weighted by atomic mass is 15.0. The summed E-state index contributed by atoms with van der Waals surface area (Å²) in [6, 6.07) is 0.499. The van der Waals surface area contributed by atoms with Gasteiger partial charge in [-0.2, -0.15) is 0 Å². The van der Waals surface area contributed by atoms with Gasteiger partial charge in [0.05, 0.1) is 5.84 Å². The summed E-state index contributed by atoms with van der Waals surface area (Å²) >= 11 is 0. The Hall–Kier alpha value is -0.530. The quantitative estimate of drug-likeness (QED) is 0.685. The van der Waals surface area contributed by atoms with E-state index in [4.69, 9.17) is 0 Å². The van der Waals surface area contributed by atoms with E-state index in [9.17, 15) is 0 Å². The molecule has 0 bridgehead atoms. The Balaban J connectivity index is 2.46. The van der Waals surface area contributed by atoms with Gasteiger partial charge in [-0.15, -0.1) is 0 Å². The molecule has 1 aliphatic heterocycles. The maximum atomic E-state index is 4.58. The minimum Gasteiger partial charge on any atom is -0.371 e. The van der Waals surface area contributed by atoms with Gasteiger partial charge in [0.25, 0.3) is 0 Å². The molecule has 1 rings (SSSR count). The van der Waals surface area contributed by atoms with Crippen LogP contribution < -0.4 is 5.32 Å². The lowest BCUT2D eigenvalue weighted by Crippen LogP contribution is -2.41. The Kier molecular flexibility index (Phi) is 3.97. The van der Waals surface area contributed by atoms with E-state index in [1.165, 1.54) is 25.1 Å². The van der Waals surface area contributed by atoms with Gasteiger partial charge in [0.1, 0.15) is 0 Å². The van der Waals surface area contributed by atoms with Gasteiger partial charge < -0.3 is 5.32 Å². The first-order chi connectivity index (χ1) is 6.50. The molecule has 14 heavy (non-hydrogen) atoms. The fourth-order valence-electron chi connectivity index (χ4n) is 1.46. The molecule has 0 aromatic carbocycles. The molecule has 0 aromatic heterocycles. The summed E-state index contributed by atoms with van der Waals surface area (Å²) in [4.78, 5) is 4.58. The topological polar surface area (TPSA) is 24.4 Å². The minimum absolute atomic E-state index is 0.314. The van der Waals surface area contributed by atoms with Crippen molar-refractivity contribution in [3.05, 3.63) is 0 Å². The molecule has 0 spiro atoms. The van der Waals surface area contributed by atoms with Gasteiger partial charge in [-0.05, 0) is 25.2 Å². The van der Waals surface area contributed by atoms with Crippen molar-refractivity contribution in [1.82, 2.24) is 5.32 Å². The average Bonchev–Trinajstić information content (AvgIpc) is 2.31. The molecule has 2 nitrogen and oxygen atoms in total. The van der Waals surface area contributed by atoms with Crippen LogP contribution in [0.1, 0.15) is 53.4 Å². The van der Waals surface area contributed by atoms with Crippen LogP contribution in [0.15, 0.2) is 4.99 Å². The lowest BCUT2D eigenvalue weighted by molar-refractivity contribution is 0.315. The van der Waals surface area contributed by atoms with Gasteiger partial charge in [0.15, 0.2) is 0 Å². The van der Waals surface area contributed by atoms with E-state index in [-0.39, 0.29) is 0 Å².